The van der Waals surface area contributed by atoms with E-state index in [-0.39, 0.29) is 22.3 Å². The molecule has 0 fully saturated rings. The molecule has 1 atom stereocenters. The van der Waals surface area contributed by atoms with Gasteiger partial charge in [0.2, 0.25) is 15.9 Å². The van der Waals surface area contributed by atoms with Gasteiger partial charge in [0.1, 0.15) is 0 Å². The maximum absolute atomic E-state index is 12.5. The van der Waals surface area contributed by atoms with Gasteiger partial charge >= 0.3 is 0 Å². The molecule has 1 aromatic carbocycles. The number of nitrogens with zero attached hydrogens (tertiary/aromatic N) is 1. The van der Waals surface area contributed by atoms with Gasteiger partial charge in [-0.1, -0.05) is 20.8 Å². The fourth-order valence-electron chi connectivity index (χ4n) is 2.66. The monoisotopic (exact) mass is 324 g/mol. The van der Waals surface area contributed by atoms with Crippen LogP contribution in [0.5, 0.6) is 0 Å². The normalized spacial score (nSPS) is 19.0. The lowest BCUT2D eigenvalue weighted by Gasteiger charge is -2.37. The number of benzene rings is 1. The maximum Gasteiger partial charge on any atom is 0.240 e. The predicted molar refractivity (Wildman–Crippen MR) is 87.6 cm³/mol. The Labute approximate surface area is 132 Å². The molecule has 1 aliphatic rings. The van der Waals surface area contributed by atoms with Crippen molar-refractivity contribution in [1.29, 1.82) is 0 Å². The van der Waals surface area contributed by atoms with E-state index >= 15 is 0 Å². The Bertz CT molecular complexity index is 695. The first-order chi connectivity index (χ1) is 10.1. The molecule has 0 saturated heterocycles. The average molecular weight is 324 g/mol. The number of hydrogen-bond acceptors (Lipinski definition) is 3. The number of rotatable bonds is 4. The number of anilines is 1. The summed E-state index contributed by atoms with van der Waals surface area (Å²) in [4.78, 5) is 13.9. The number of carbonyl (C=O) groups excluding carboxylic acids is 1. The van der Waals surface area contributed by atoms with E-state index in [9.17, 15) is 13.2 Å². The Morgan fingerprint density at radius 1 is 1.36 bits per heavy atom. The van der Waals surface area contributed by atoms with Crippen molar-refractivity contribution in [2.75, 3.05) is 11.9 Å². The van der Waals surface area contributed by atoms with E-state index in [1.807, 2.05) is 27.7 Å². The van der Waals surface area contributed by atoms with E-state index in [4.69, 9.17) is 0 Å². The number of hydrogen-bond donors (Lipinski definition) is 1. The van der Waals surface area contributed by atoms with Crippen LogP contribution in [-0.4, -0.2) is 27.4 Å². The van der Waals surface area contributed by atoms with Crippen LogP contribution in [0, 0.1) is 0 Å². The summed E-state index contributed by atoms with van der Waals surface area (Å²) >= 11 is 0. The molecule has 0 aliphatic carbocycles. The van der Waals surface area contributed by atoms with Gasteiger partial charge in [-0.15, -0.1) is 0 Å². The maximum atomic E-state index is 12.5. The molecule has 1 amide bonds. The number of sulfonamides is 1. The molecule has 0 bridgehead atoms. The third-order valence-corrected chi connectivity index (χ3v) is 5.89. The fraction of sp³-hybridized carbons (Fsp3) is 0.562. The Kier molecular flexibility index (Phi) is 4.37. The lowest BCUT2D eigenvalue weighted by atomic mass is 9.77. The molecule has 0 aromatic heterocycles. The van der Waals surface area contributed by atoms with Crippen LogP contribution >= 0.6 is 0 Å². The molecule has 1 heterocycles. The highest BCUT2D eigenvalue weighted by Gasteiger charge is 2.36. The number of amides is 1. The van der Waals surface area contributed by atoms with Gasteiger partial charge in [-0.25, -0.2) is 13.1 Å². The molecular weight excluding hydrogens is 300 g/mol. The van der Waals surface area contributed by atoms with Crippen LogP contribution in [0.15, 0.2) is 23.1 Å². The Morgan fingerprint density at radius 2 is 2.00 bits per heavy atom. The second kappa shape index (κ2) is 5.66. The molecule has 1 aromatic rings. The third kappa shape index (κ3) is 3.03. The minimum atomic E-state index is -3.54. The van der Waals surface area contributed by atoms with Crippen LogP contribution in [0.1, 0.15) is 46.1 Å². The van der Waals surface area contributed by atoms with Crippen molar-refractivity contribution in [3.63, 3.8) is 0 Å². The van der Waals surface area contributed by atoms with E-state index in [0.29, 0.717) is 6.42 Å². The smallest absolute Gasteiger partial charge is 0.240 e. The Hall–Kier alpha value is -1.40. The molecule has 0 radical (unpaired) electrons. The molecule has 6 heteroatoms. The minimum absolute atomic E-state index is 0.0471. The highest BCUT2D eigenvalue weighted by molar-refractivity contribution is 7.89. The molecular formula is C16H24N2O3S. The largest absolute Gasteiger partial charge is 0.315 e. The van der Waals surface area contributed by atoms with Crippen molar-refractivity contribution >= 4 is 21.6 Å². The van der Waals surface area contributed by atoms with E-state index in [0.717, 1.165) is 17.7 Å². The van der Waals surface area contributed by atoms with E-state index in [1.54, 1.807) is 30.1 Å². The van der Waals surface area contributed by atoms with Crippen molar-refractivity contribution in [3.8, 4) is 0 Å². The van der Waals surface area contributed by atoms with Gasteiger partial charge in [-0.3, -0.25) is 4.79 Å². The van der Waals surface area contributed by atoms with E-state index in [1.165, 1.54) is 0 Å². The van der Waals surface area contributed by atoms with Crippen LogP contribution in [-0.2, 0) is 20.2 Å². The molecule has 1 unspecified atom stereocenters. The van der Waals surface area contributed by atoms with E-state index < -0.39 is 10.0 Å². The summed E-state index contributed by atoms with van der Waals surface area (Å²) in [5.74, 6) is 0.0471. The first kappa shape index (κ1) is 17.0. The zero-order valence-electron chi connectivity index (χ0n) is 13.8. The zero-order valence-corrected chi connectivity index (χ0v) is 14.6. The van der Waals surface area contributed by atoms with Crippen LogP contribution in [0.2, 0.25) is 0 Å². The second-order valence-corrected chi connectivity index (χ2v) is 8.34. The SMILES string of the molecule is CCC(C)NS(=O)(=O)c1ccc2c(c1)C(C)(C)CC(=O)N2C. The molecule has 2 rings (SSSR count). The minimum Gasteiger partial charge on any atom is -0.315 e. The van der Waals surface area contributed by atoms with Crippen molar-refractivity contribution in [2.24, 2.45) is 0 Å². The number of fused-ring (bicyclic) bond motifs is 1. The first-order valence-corrected chi connectivity index (χ1v) is 9.00. The summed E-state index contributed by atoms with van der Waals surface area (Å²) in [7, 11) is -1.82. The summed E-state index contributed by atoms with van der Waals surface area (Å²) in [5, 5.41) is 0. The van der Waals surface area contributed by atoms with Gasteiger partial charge in [-0.2, -0.15) is 0 Å². The molecule has 22 heavy (non-hydrogen) atoms. The first-order valence-electron chi connectivity index (χ1n) is 7.52. The van der Waals surface area contributed by atoms with Gasteiger partial charge in [0.05, 0.1) is 4.90 Å². The zero-order chi connectivity index (χ0) is 16.7. The summed E-state index contributed by atoms with van der Waals surface area (Å²) in [5.41, 5.74) is 1.30. The number of nitrogens with one attached hydrogen (secondary N) is 1. The molecule has 0 spiro atoms. The second-order valence-electron chi connectivity index (χ2n) is 6.62. The van der Waals surface area contributed by atoms with Gasteiger partial charge < -0.3 is 4.90 Å². The van der Waals surface area contributed by atoms with Gasteiger partial charge in [0.25, 0.3) is 0 Å². The third-order valence-electron chi connectivity index (χ3n) is 4.30. The van der Waals surface area contributed by atoms with Crippen molar-refractivity contribution in [2.45, 2.75) is 56.9 Å². The Balaban J connectivity index is 2.50. The lowest BCUT2D eigenvalue weighted by molar-refractivity contribution is -0.119. The molecule has 5 nitrogen and oxygen atoms in total. The summed E-state index contributed by atoms with van der Waals surface area (Å²) in [6.07, 6.45) is 1.10. The highest BCUT2D eigenvalue weighted by Crippen LogP contribution is 2.40. The van der Waals surface area contributed by atoms with Crippen LogP contribution in [0.4, 0.5) is 5.69 Å². The summed E-state index contributed by atoms with van der Waals surface area (Å²) in [6, 6.07) is 4.87. The Morgan fingerprint density at radius 3 is 2.59 bits per heavy atom. The van der Waals surface area contributed by atoms with E-state index in [2.05, 4.69) is 4.72 Å². The van der Waals surface area contributed by atoms with Gasteiger partial charge in [0, 0.05) is 30.6 Å². The average Bonchev–Trinajstić information content (AvgIpc) is 2.43. The molecule has 1 N–H and O–H groups in total. The number of carbonyl (C=O) groups is 1. The fourth-order valence-corrected chi connectivity index (χ4v) is 4.01. The molecule has 0 saturated carbocycles. The van der Waals surface area contributed by atoms with Crippen LogP contribution in [0.3, 0.4) is 0 Å². The van der Waals surface area contributed by atoms with Gasteiger partial charge in [-0.05, 0) is 37.1 Å². The molecule has 122 valence electrons. The standard InChI is InChI=1S/C16H24N2O3S/c1-6-11(2)17-22(20,21)12-7-8-14-13(9-12)16(3,4)10-15(19)18(14)5/h7-9,11,17H,6,10H2,1-5H3. The van der Waals surface area contributed by atoms with Crippen molar-refractivity contribution in [3.05, 3.63) is 23.8 Å². The van der Waals surface area contributed by atoms with Crippen LogP contribution < -0.4 is 9.62 Å². The topological polar surface area (TPSA) is 66.5 Å². The highest BCUT2D eigenvalue weighted by atomic mass is 32.2. The van der Waals surface area contributed by atoms with Crippen molar-refractivity contribution in [1.82, 2.24) is 4.72 Å². The summed E-state index contributed by atoms with van der Waals surface area (Å²) in [6.45, 7) is 7.71. The van der Waals surface area contributed by atoms with Crippen LogP contribution in [0.25, 0.3) is 0 Å². The lowest BCUT2D eigenvalue weighted by Crippen LogP contribution is -2.40. The summed E-state index contributed by atoms with van der Waals surface area (Å²) < 4.78 is 27.6. The predicted octanol–water partition coefficient (Wildman–Crippen LogP) is 2.41. The van der Waals surface area contributed by atoms with Crippen molar-refractivity contribution < 1.29 is 13.2 Å². The quantitative estimate of drug-likeness (QED) is 0.925. The molecule has 1 aliphatic heterocycles. The van der Waals surface area contributed by atoms with Gasteiger partial charge in [0.15, 0.2) is 0 Å².